The minimum atomic E-state index is -1.06. The van der Waals surface area contributed by atoms with Crippen LogP contribution in [-0.4, -0.2) is 16.2 Å². The van der Waals surface area contributed by atoms with Crippen LogP contribution >= 0.6 is 12.6 Å². The van der Waals surface area contributed by atoms with Crippen LogP contribution in [0.2, 0.25) is 0 Å². The molecule has 0 fully saturated rings. The Morgan fingerprint density at radius 1 is 1.42 bits per heavy atom. The summed E-state index contributed by atoms with van der Waals surface area (Å²) in [6, 6.07) is 3.97. The van der Waals surface area contributed by atoms with Crippen molar-refractivity contribution in [2.45, 2.75) is 4.90 Å². The Balaban J connectivity index is 0.00000121. The molecule has 0 aliphatic heterocycles. The van der Waals surface area contributed by atoms with Crippen molar-refractivity contribution in [3.05, 3.63) is 23.8 Å². The van der Waals surface area contributed by atoms with Gasteiger partial charge in [0.25, 0.3) is 0 Å². The van der Waals surface area contributed by atoms with Gasteiger partial charge >= 0.3 is 25.4 Å². The maximum atomic E-state index is 10.3. The first-order valence-corrected chi connectivity index (χ1v) is 3.31. The van der Waals surface area contributed by atoms with Gasteiger partial charge in [0.05, 0.1) is 5.56 Å². The Labute approximate surface area is 87.6 Å². The SMILES string of the molecule is O=C(O)c1ccc(S)c(O)c1.[Zn+2]. The van der Waals surface area contributed by atoms with E-state index in [2.05, 4.69) is 12.6 Å². The zero-order valence-corrected chi connectivity index (χ0v) is 10.1. The number of rotatable bonds is 1. The van der Waals surface area contributed by atoms with Gasteiger partial charge in [-0.25, -0.2) is 4.79 Å². The van der Waals surface area contributed by atoms with Gasteiger partial charge in [-0.3, -0.25) is 0 Å². The predicted molar refractivity (Wildman–Crippen MR) is 42.3 cm³/mol. The molecule has 0 saturated carbocycles. The summed E-state index contributed by atoms with van der Waals surface area (Å²) in [7, 11) is 0. The number of carboxylic acid groups (broad SMARTS) is 1. The van der Waals surface area contributed by atoms with Gasteiger partial charge in [0.1, 0.15) is 5.75 Å². The van der Waals surface area contributed by atoms with Gasteiger partial charge < -0.3 is 10.2 Å². The molecular formula is C7H6O3SZn+2. The molecule has 0 spiro atoms. The van der Waals surface area contributed by atoms with Gasteiger partial charge in [0.15, 0.2) is 0 Å². The molecule has 5 heteroatoms. The maximum absolute atomic E-state index is 10.3. The Bertz CT molecular complexity index is 301. The van der Waals surface area contributed by atoms with Crippen molar-refractivity contribution in [2.24, 2.45) is 0 Å². The number of hydrogen-bond donors (Lipinski definition) is 3. The average Bonchev–Trinajstić information content (AvgIpc) is 1.94. The number of aromatic hydroxyl groups is 1. The summed E-state index contributed by atoms with van der Waals surface area (Å²) in [6.07, 6.45) is 0. The second-order valence-electron chi connectivity index (χ2n) is 2.01. The fourth-order valence-electron chi connectivity index (χ4n) is 0.656. The molecule has 1 rings (SSSR count). The molecule has 0 amide bonds. The fourth-order valence-corrected chi connectivity index (χ4v) is 0.796. The van der Waals surface area contributed by atoms with Crippen molar-refractivity contribution in [1.29, 1.82) is 0 Å². The second kappa shape index (κ2) is 4.48. The maximum Gasteiger partial charge on any atom is 2.00 e. The molecule has 58 valence electrons. The standard InChI is InChI=1S/C7H6O3S.Zn/c8-5-3-4(7(9)10)1-2-6(5)11;/h1-3,8,11H,(H,9,10);/q;+2. The number of aromatic carboxylic acids is 1. The molecule has 1 aromatic carbocycles. The smallest absolute Gasteiger partial charge is 0.507 e. The molecule has 0 bridgehead atoms. The van der Waals surface area contributed by atoms with Gasteiger partial charge in [0.2, 0.25) is 0 Å². The monoisotopic (exact) mass is 234 g/mol. The number of benzene rings is 1. The van der Waals surface area contributed by atoms with Crippen molar-refractivity contribution in [3.8, 4) is 5.75 Å². The van der Waals surface area contributed by atoms with Crippen LogP contribution in [0, 0.1) is 0 Å². The summed E-state index contributed by atoms with van der Waals surface area (Å²) >= 11 is 3.87. The van der Waals surface area contributed by atoms with E-state index >= 15 is 0 Å². The average molecular weight is 236 g/mol. The number of phenols is 1. The third-order valence-electron chi connectivity index (χ3n) is 1.22. The Morgan fingerprint density at radius 2 is 2.00 bits per heavy atom. The Kier molecular flexibility index (Phi) is 4.28. The van der Waals surface area contributed by atoms with Gasteiger partial charge in [-0.15, -0.1) is 12.6 Å². The van der Waals surface area contributed by atoms with E-state index in [9.17, 15) is 4.79 Å². The quantitative estimate of drug-likeness (QED) is 0.509. The first-order valence-electron chi connectivity index (χ1n) is 2.86. The van der Waals surface area contributed by atoms with E-state index in [1.165, 1.54) is 12.1 Å². The van der Waals surface area contributed by atoms with Gasteiger partial charge in [-0.1, -0.05) is 0 Å². The molecule has 1 aromatic rings. The summed E-state index contributed by atoms with van der Waals surface area (Å²) in [6.45, 7) is 0. The largest absolute Gasteiger partial charge is 2.00 e. The van der Waals surface area contributed by atoms with Crippen LogP contribution in [0.1, 0.15) is 10.4 Å². The number of hydrogen-bond acceptors (Lipinski definition) is 3. The Morgan fingerprint density at radius 3 is 2.42 bits per heavy atom. The van der Waals surface area contributed by atoms with Crippen LogP contribution in [0.4, 0.5) is 0 Å². The summed E-state index contributed by atoms with van der Waals surface area (Å²) in [4.78, 5) is 10.7. The van der Waals surface area contributed by atoms with Crippen LogP contribution in [0.25, 0.3) is 0 Å². The number of phenolic OH excluding ortho intramolecular Hbond substituents is 1. The molecule has 2 N–H and O–H groups in total. The van der Waals surface area contributed by atoms with Gasteiger partial charge in [-0.05, 0) is 18.2 Å². The van der Waals surface area contributed by atoms with Crippen LogP contribution < -0.4 is 0 Å². The zero-order valence-electron chi connectivity index (χ0n) is 6.19. The van der Waals surface area contributed by atoms with Crippen molar-refractivity contribution >= 4 is 18.6 Å². The third-order valence-corrected chi connectivity index (χ3v) is 1.60. The molecule has 12 heavy (non-hydrogen) atoms. The Hall–Kier alpha value is -0.537. The van der Waals surface area contributed by atoms with E-state index in [1.807, 2.05) is 0 Å². The molecule has 0 unspecified atom stereocenters. The molecule has 3 nitrogen and oxygen atoms in total. The van der Waals surface area contributed by atoms with Gasteiger partial charge in [-0.2, -0.15) is 0 Å². The van der Waals surface area contributed by atoms with Crippen LogP contribution in [0.5, 0.6) is 5.75 Å². The third kappa shape index (κ3) is 2.50. The molecule has 0 saturated heterocycles. The van der Waals surface area contributed by atoms with Crippen molar-refractivity contribution in [1.82, 2.24) is 0 Å². The first-order chi connectivity index (χ1) is 5.11. The molecule has 0 aromatic heterocycles. The minimum Gasteiger partial charge on any atom is -0.507 e. The van der Waals surface area contributed by atoms with Crippen molar-refractivity contribution < 1.29 is 34.5 Å². The normalized spacial score (nSPS) is 8.75. The van der Waals surface area contributed by atoms with Crippen molar-refractivity contribution in [3.63, 3.8) is 0 Å². The fraction of sp³-hybridized carbons (Fsp3) is 0. The van der Waals surface area contributed by atoms with E-state index in [0.717, 1.165) is 6.07 Å². The zero-order chi connectivity index (χ0) is 8.43. The van der Waals surface area contributed by atoms with Crippen LogP contribution in [0.3, 0.4) is 0 Å². The molecular weight excluding hydrogens is 230 g/mol. The van der Waals surface area contributed by atoms with E-state index in [4.69, 9.17) is 10.2 Å². The molecule has 0 heterocycles. The second-order valence-corrected chi connectivity index (χ2v) is 2.49. The summed E-state index contributed by atoms with van der Waals surface area (Å²) < 4.78 is 0. The molecule has 0 atom stereocenters. The topological polar surface area (TPSA) is 57.5 Å². The summed E-state index contributed by atoms with van der Waals surface area (Å²) in [5, 5.41) is 17.5. The van der Waals surface area contributed by atoms with Crippen molar-refractivity contribution in [2.75, 3.05) is 0 Å². The van der Waals surface area contributed by atoms with E-state index in [0.29, 0.717) is 4.90 Å². The number of carboxylic acids is 1. The summed E-state index contributed by atoms with van der Waals surface area (Å²) in [5.74, 6) is -1.18. The van der Waals surface area contributed by atoms with E-state index < -0.39 is 5.97 Å². The molecule has 0 aliphatic rings. The number of carbonyl (C=O) groups is 1. The predicted octanol–water partition coefficient (Wildman–Crippen LogP) is 1.38. The molecule has 0 radical (unpaired) electrons. The number of thiol groups is 1. The van der Waals surface area contributed by atoms with E-state index in [-0.39, 0.29) is 30.8 Å². The molecule has 0 aliphatic carbocycles. The van der Waals surface area contributed by atoms with Crippen LogP contribution in [-0.2, 0) is 19.5 Å². The van der Waals surface area contributed by atoms with E-state index in [1.54, 1.807) is 0 Å². The van der Waals surface area contributed by atoms with Gasteiger partial charge in [0, 0.05) is 4.90 Å². The summed E-state index contributed by atoms with van der Waals surface area (Å²) in [5.41, 5.74) is 0.0558. The van der Waals surface area contributed by atoms with Crippen LogP contribution in [0.15, 0.2) is 23.1 Å². The first kappa shape index (κ1) is 11.5. The minimum absolute atomic E-state index is 0.